The van der Waals surface area contributed by atoms with Crippen LogP contribution in [0.15, 0.2) is 24.3 Å². The molecular formula is C10H9ClF3NO. The summed E-state index contributed by atoms with van der Waals surface area (Å²) in [5.74, 6) is -0.457. The number of rotatable bonds is 2. The maximum atomic E-state index is 12.2. The van der Waals surface area contributed by atoms with Gasteiger partial charge in [-0.05, 0) is 31.2 Å². The smallest absolute Gasteiger partial charge is 0.325 e. The summed E-state index contributed by atoms with van der Waals surface area (Å²) < 4.78 is 36.6. The number of alkyl halides is 4. The van der Waals surface area contributed by atoms with Crippen LogP contribution in [-0.4, -0.2) is 11.3 Å². The topological polar surface area (TPSA) is 29.1 Å². The lowest BCUT2D eigenvalue weighted by molar-refractivity contribution is -0.137. The molecule has 0 aliphatic carbocycles. The van der Waals surface area contributed by atoms with Gasteiger partial charge >= 0.3 is 6.18 Å². The Labute approximate surface area is 95.4 Å². The van der Waals surface area contributed by atoms with Crippen molar-refractivity contribution in [3.63, 3.8) is 0 Å². The first kappa shape index (κ1) is 12.8. The molecule has 0 aliphatic heterocycles. The van der Waals surface area contributed by atoms with Crippen molar-refractivity contribution in [2.24, 2.45) is 0 Å². The number of halogens is 4. The lowest BCUT2D eigenvalue weighted by Gasteiger charge is -2.09. The highest BCUT2D eigenvalue weighted by Crippen LogP contribution is 2.29. The molecule has 2 nitrogen and oxygen atoms in total. The van der Waals surface area contributed by atoms with E-state index in [0.717, 1.165) is 12.1 Å². The SMILES string of the molecule is C[C@@H](Cl)C(=O)Nc1ccc(C(F)(F)F)cc1. The van der Waals surface area contributed by atoms with Gasteiger partial charge in [0.25, 0.3) is 0 Å². The maximum absolute atomic E-state index is 12.2. The molecule has 0 radical (unpaired) electrons. The van der Waals surface area contributed by atoms with Gasteiger partial charge in [-0.3, -0.25) is 4.79 Å². The summed E-state index contributed by atoms with van der Waals surface area (Å²) in [6, 6.07) is 4.16. The third-order valence-corrected chi connectivity index (χ3v) is 2.04. The Balaban J connectivity index is 2.76. The molecule has 16 heavy (non-hydrogen) atoms. The standard InChI is InChI=1S/C10H9ClF3NO/c1-6(11)9(16)15-8-4-2-7(3-5-8)10(12,13)14/h2-6H,1H3,(H,15,16)/t6-/m1/s1. The molecule has 0 unspecified atom stereocenters. The quantitative estimate of drug-likeness (QED) is 0.803. The van der Waals surface area contributed by atoms with Crippen molar-refractivity contribution in [2.45, 2.75) is 18.5 Å². The first-order valence-corrected chi connectivity index (χ1v) is 4.86. The third kappa shape index (κ3) is 3.41. The molecule has 0 aliphatic rings. The van der Waals surface area contributed by atoms with Gasteiger partial charge in [-0.25, -0.2) is 0 Å². The van der Waals surface area contributed by atoms with Crippen LogP contribution in [0.1, 0.15) is 12.5 Å². The minimum atomic E-state index is -4.37. The molecule has 1 amide bonds. The van der Waals surface area contributed by atoms with Crippen LogP contribution in [0.5, 0.6) is 0 Å². The molecule has 1 N–H and O–H groups in total. The van der Waals surface area contributed by atoms with Crippen LogP contribution >= 0.6 is 11.6 Å². The lowest BCUT2D eigenvalue weighted by Crippen LogP contribution is -2.20. The summed E-state index contributed by atoms with van der Waals surface area (Å²) in [5, 5.41) is 1.65. The van der Waals surface area contributed by atoms with E-state index in [1.807, 2.05) is 0 Å². The minimum Gasteiger partial charge on any atom is -0.325 e. The van der Waals surface area contributed by atoms with Crippen LogP contribution in [0.2, 0.25) is 0 Å². The van der Waals surface area contributed by atoms with Crippen LogP contribution < -0.4 is 5.32 Å². The van der Waals surface area contributed by atoms with Gasteiger partial charge in [0.15, 0.2) is 0 Å². The number of amides is 1. The van der Waals surface area contributed by atoms with E-state index in [2.05, 4.69) is 5.32 Å². The fourth-order valence-electron chi connectivity index (χ4n) is 0.984. The second-order valence-corrected chi connectivity index (χ2v) is 3.84. The van der Waals surface area contributed by atoms with E-state index in [1.165, 1.54) is 19.1 Å². The molecule has 1 aromatic carbocycles. The van der Waals surface area contributed by atoms with Crippen molar-refractivity contribution in [1.82, 2.24) is 0 Å². The normalized spacial score (nSPS) is 13.3. The fourth-order valence-corrected chi connectivity index (χ4v) is 1.04. The molecule has 88 valence electrons. The Hall–Kier alpha value is -1.23. The van der Waals surface area contributed by atoms with E-state index in [-0.39, 0.29) is 5.69 Å². The first-order chi connectivity index (χ1) is 7.30. The highest BCUT2D eigenvalue weighted by Gasteiger charge is 2.29. The molecule has 0 saturated carbocycles. The first-order valence-electron chi connectivity index (χ1n) is 4.43. The monoisotopic (exact) mass is 251 g/mol. The zero-order valence-corrected chi connectivity index (χ0v) is 9.06. The molecule has 0 spiro atoms. The second-order valence-electron chi connectivity index (χ2n) is 3.18. The van der Waals surface area contributed by atoms with Gasteiger partial charge in [-0.1, -0.05) is 0 Å². The van der Waals surface area contributed by atoms with Gasteiger partial charge in [-0.2, -0.15) is 13.2 Å². The van der Waals surface area contributed by atoms with E-state index >= 15 is 0 Å². The number of benzene rings is 1. The number of hydrogen-bond acceptors (Lipinski definition) is 1. The van der Waals surface area contributed by atoms with Gasteiger partial charge in [0.2, 0.25) is 5.91 Å². The van der Waals surface area contributed by atoms with Gasteiger partial charge in [-0.15, -0.1) is 11.6 Å². The van der Waals surface area contributed by atoms with Crippen molar-refractivity contribution in [2.75, 3.05) is 5.32 Å². The van der Waals surface area contributed by atoms with Crippen LogP contribution in [0.4, 0.5) is 18.9 Å². The molecule has 1 rings (SSSR count). The second kappa shape index (κ2) is 4.74. The number of carbonyl (C=O) groups is 1. The zero-order valence-electron chi connectivity index (χ0n) is 8.31. The predicted octanol–water partition coefficient (Wildman–Crippen LogP) is 3.27. The summed E-state index contributed by atoms with van der Waals surface area (Å²) in [4.78, 5) is 11.1. The van der Waals surface area contributed by atoms with Crippen molar-refractivity contribution >= 4 is 23.2 Å². The fraction of sp³-hybridized carbons (Fsp3) is 0.300. The molecule has 1 atom stereocenters. The molecule has 0 aromatic heterocycles. The Morgan fingerprint density at radius 1 is 1.31 bits per heavy atom. The molecule has 0 saturated heterocycles. The summed E-state index contributed by atoms with van der Waals surface area (Å²) in [5.41, 5.74) is -0.477. The van der Waals surface area contributed by atoms with Gasteiger partial charge in [0.05, 0.1) is 5.56 Å². The van der Waals surface area contributed by atoms with Gasteiger partial charge < -0.3 is 5.32 Å². The maximum Gasteiger partial charge on any atom is 0.416 e. The molecular weight excluding hydrogens is 243 g/mol. The van der Waals surface area contributed by atoms with E-state index in [9.17, 15) is 18.0 Å². The molecule has 0 heterocycles. The van der Waals surface area contributed by atoms with Crippen LogP contribution in [0.25, 0.3) is 0 Å². The van der Waals surface area contributed by atoms with Crippen molar-refractivity contribution < 1.29 is 18.0 Å². The molecule has 1 aromatic rings. The highest BCUT2D eigenvalue weighted by atomic mass is 35.5. The van der Waals surface area contributed by atoms with Gasteiger partial charge in [0.1, 0.15) is 5.38 Å². The average molecular weight is 252 g/mol. The summed E-state index contributed by atoms with van der Waals surface area (Å²) in [6.45, 7) is 1.47. The molecule has 0 fully saturated rings. The zero-order chi connectivity index (χ0) is 12.3. The third-order valence-electron chi connectivity index (χ3n) is 1.84. The van der Waals surface area contributed by atoms with Gasteiger partial charge in [0, 0.05) is 5.69 Å². The summed E-state index contributed by atoms with van der Waals surface area (Å²) >= 11 is 5.49. The van der Waals surface area contributed by atoms with E-state index in [4.69, 9.17) is 11.6 Å². The number of nitrogens with one attached hydrogen (secondary N) is 1. The van der Waals surface area contributed by atoms with E-state index in [1.54, 1.807) is 0 Å². The molecule has 6 heteroatoms. The Morgan fingerprint density at radius 3 is 2.19 bits per heavy atom. The molecule has 0 bridgehead atoms. The summed E-state index contributed by atoms with van der Waals surface area (Å²) in [6.07, 6.45) is -4.37. The Bertz CT molecular complexity index is 373. The number of carbonyl (C=O) groups excluding carboxylic acids is 1. The largest absolute Gasteiger partial charge is 0.416 e. The predicted molar refractivity (Wildman–Crippen MR) is 55.4 cm³/mol. The van der Waals surface area contributed by atoms with Crippen molar-refractivity contribution in [3.05, 3.63) is 29.8 Å². The van der Waals surface area contributed by atoms with E-state index < -0.39 is 23.0 Å². The minimum absolute atomic E-state index is 0.283. The van der Waals surface area contributed by atoms with Crippen LogP contribution in [0.3, 0.4) is 0 Å². The lowest BCUT2D eigenvalue weighted by atomic mass is 10.2. The Kier molecular flexibility index (Phi) is 3.80. The van der Waals surface area contributed by atoms with Crippen molar-refractivity contribution in [1.29, 1.82) is 0 Å². The highest BCUT2D eigenvalue weighted by molar-refractivity contribution is 6.32. The van der Waals surface area contributed by atoms with Crippen molar-refractivity contribution in [3.8, 4) is 0 Å². The number of hydrogen-bond donors (Lipinski definition) is 1. The number of anilines is 1. The van der Waals surface area contributed by atoms with Crippen LogP contribution in [-0.2, 0) is 11.0 Å². The Morgan fingerprint density at radius 2 is 1.81 bits per heavy atom. The average Bonchev–Trinajstić information content (AvgIpc) is 2.17. The van der Waals surface area contributed by atoms with Crippen LogP contribution in [0, 0.1) is 0 Å². The van der Waals surface area contributed by atoms with E-state index in [0.29, 0.717) is 0 Å². The summed E-state index contributed by atoms with van der Waals surface area (Å²) in [7, 11) is 0.